The minimum Gasteiger partial charge on any atom is -0.484 e. The van der Waals surface area contributed by atoms with Crippen molar-refractivity contribution in [1.82, 2.24) is 10.2 Å². The minimum atomic E-state index is -0.494. The van der Waals surface area contributed by atoms with Crippen LogP contribution in [0.1, 0.15) is 25.3 Å². The summed E-state index contributed by atoms with van der Waals surface area (Å²) in [5, 5.41) is 3.38. The van der Waals surface area contributed by atoms with Crippen LogP contribution in [-0.4, -0.2) is 68.4 Å². The molecule has 0 bridgehead atoms. The van der Waals surface area contributed by atoms with Crippen molar-refractivity contribution in [2.75, 3.05) is 39.5 Å². The van der Waals surface area contributed by atoms with Crippen molar-refractivity contribution in [2.45, 2.75) is 38.5 Å². The first-order valence-corrected chi connectivity index (χ1v) is 9.92. The number of hydrogen-bond acceptors (Lipinski definition) is 5. The van der Waals surface area contributed by atoms with Crippen LogP contribution >= 0.6 is 24.0 Å². The van der Waals surface area contributed by atoms with Gasteiger partial charge in [0.05, 0.1) is 19.3 Å². The molecule has 3 N–H and O–H groups in total. The minimum absolute atomic E-state index is 0. The zero-order valence-corrected chi connectivity index (χ0v) is 19.2. The molecule has 1 amide bonds. The molecule has 0 aromatic heterocycles. The highest BCUT2D eigenvalue weighted by Gasteiger charge is 2.32. The number of aliphatic imine (C=N–C) groups is 1. The van der Waals surface area contributed by atoms with Crippen LogP contribution < -0.4 is 15.8 Å². The third-order valence-electron chi connectivity index (χ3n) is 4.80. The lowest BCUT2D eigenvalue weighted by Crippen LogP contribution is -2.53. The van der Waals surface area contributed by atoms with Gasteiger partial charge in [-0.25, -0.2) is 4.99 Å². The zero-order chi connectivity index (χ0) is 19.8. The number of carbonyl (C=O) groups is 1. The molecule has 2 heterocycles. The van der Waals surface area contributed by atoms with E-state index in [1.807, 2.05) is 18.2 Å². The van der Waals surface area contributed by atoms with Crippen molar-refractivity contribution in [3.8, 4) is 5.75 Å². The molecule has 3 rings (SSSR count). The first-order valence-electron chi connectivity index (χ1n) is 9.92. The number of nitrogens with zero attached hydrogens (tertiary/aromatic N) is 2. The zero-order valence-electron chi connectivity index (χ0n) is 16.8. The monoisotopic (exact) mass is 518 g/mol. The Balaban J connectivity index is 0.00000300. The van der Waals surface area contributed by atoms with Crippen LogP contribution in [0, 0.1) is 0 Å². The third kappa shape index (κ3) is 7.31. The molecule has 2 aliphatic rings. The number of primary amides is 1. The number of carbonyl (C=O) groups excluding carboxylic acids is 1. The van der Waals surface area contributed by atoms with Gasteiger partial charge in [0.2, 0.25) is 0 Å². The maximum atomic E-state index is 10.9. The van der Waals surface area contributed by atoms with Crippen molar-refractivity contribution in [3.05, 3.63) is 29.8 Å². The fourth-order valence-corrected chi connectivity index (χ4v) is 3.47. The molecule has 0 saturated carbocycles. The van der Waals surface area contributed by atoms with Crippen LogP contribution in [0.25, 0.3) is 0 Å². The number of benzene rings is 1. The highest BCUT2D eigenvalue weighted by atomic mass is 127. The van der Waals surface area contributed by atoms with E-state index in [9.17, 15) is 4.79 Å². The van der Waals surface area contributed by atoms with Gasteiger partial charge in [-0.15, -0.1) is 24.0 Å². The van der Waals surface area contributed by atoms with Crippen molar-refractivity contribution in [3.63, 3.8) is 0 Å². The lowest BCUT2D eigenvalue weighted by atomic mass is 10.1. The molecule has 0 spiro atoms. The fourth-order valence-electron chi connectivity index (χ4n) is 3.47. The molecule has 8 nitrogen and oxygen atoms in total. The van der Waals surface area contributed by atoms with Gasteiger partial charge in [0.25, 0.3) is 5.91 Å². The topological polar surface area (TPSA) is 98.4 Å². The molecule has 2 aliphatic heterocycles. The predicted molar refractivity (Wildman–Crippen MR) is 122 cm³/mol. The highest BCUT2D eigenvalue weighted by molar-refractivity contribution is 14.0. The van der Waals surface area contributed by atoms with Crippen molar-refractivity contribution >= 4 is 35.8 Å². The molecular weight excluding hydrogens is 487 g/mol. The summed E-state index contributed by atoms with van der Waals surface area (Å²) in [4.78, 5) is 17.9. The Labute approximate surface area is 189 Å². The molecular formula is C20H31IN4O4. The molecule has 9 heteroatoms. The van der Waals surface area contributed by atoms with Crippen LogP contribution in [0.2, 0.25) is 0 Å². The summed E-state index contributed by atoms with van der Waals surface area (Å²) in [6.45, 7) is 6.31. The summed E-state index contributed by atoms with van der Waals surface area (Å²) in [6, 6.07) is 7.55. The van der Waals surface area contributed by atoms with Gasteiger partial charge in [-0.2, -0.15) is 0 Å². The molecule has 29 heavy (non-hydrogen) atoms. The number of amides is 1. The summed E-state index contributed by atoms with van der Waals surface area (Å²) in [5.41, 5.74) is 6.13. The van der Waals surface area contributed by atoms with Gasteiger partial charge in [0.1, 0.15) is 11.9 Å². The van der Waals surface area contributed by atoms with Gasteiger partial charge in [-0.3, -0.25) is 4.79 Å². The second-order valence-electron chi connectivity index (χ2n) is 6.98. The molecule has 2 unspecified atom stereocenters. The number of guanidine groups is 1. The van der Waals surface area contributed by atoms with E-state index in [1.165, 1.54) is 0 Å². The maximum absolute atomic E-state index is 10.9. The second kappa shape index (κ2) is 12.2. The second-order valence-corrected chi connectivity index (χ2v) is 6.98. The van der Waals surface area contributed by atoms with E-state index in [0.29, 0.717) is 18.9 Å². The van der Waals surface area contributed by atoms with E-state index >= 15 is 0 Å². The van der Waals surface area contributed by atoms with Gasteiger partial charge in [-0.05, 0) is 37.5 Å². The number of ether oxygens (including phenoxy) is 3. The van der Waals surface area contributed by atoms with Crippen LogP contribution in [0.3, 0.4) is 0 Å². The lowest BCUT2D eigenvalue weighted by molar-refractivity contribution is -0.119. The van der Waals surface area contributed by atoms with E-state index in [1.54, 1.807) is 6.07 Å². The highest BCUT2D eigenvalue weighted by Crippen LogP contribution is 2.21. The average Bonchev–Trinajstić information content (AvgIpc) is 3.25. The Bertz CT molecular complexity index is 682. The molecule has 1 aromatic rings. The van der Waals surface area contributed by atoms with E-state index in [2.05, 4.69) is 17.1 Å². The van der Waals surface area contributed by atoms with E-state index in [0.717, 1.165) is 50.6 Å². The van der Waals surface area contributed by atoms with Crippen molar-refractivity contribution in [1.29, 1.82) is 0 Å². The Morgan fingerprint density at radius 3 is 2.90 bits per heavy atom. The van der Waals surface area contributed by atoms with E-state index in [4.69, 9.17) is 24.9 Å². The van der Waals surface area contributed by atoms with Crippen LogP contribution in [0.4, 0.5) is 0 Å². The maximum Gasteiger partial charge on any atom is 0.255 e. The number of hydrogen-bond donors (Lipinski definition) is 2. The fraction of sp³-hybridized carbons (Fsp3) is 0.600. The van der Waals surface area contributed by atoms with Gasteiger partial charge in [-0.1, -0.05) is 12.1 Å². The predicted octanol–water partition coefficient (Wildman–Crippen LogP) is 1.51. The van der Waals surface area contributed by atoms with E-state index < -0.39 is 5.91 Å². The molecule has 1 aromatic carbocycles. The Hall–Kier alpha value is -1.59. The van der Waals surface area contributed by atoms with Gasteiger partial charge < -0.3 is 30.2 Å². The van der Waals surface area contributed by atoms with Crippen LogP contribution in [0.5, 0.6) is 5.75 Å². The number of nitrogens with one attached hydrogen (secondary N) is 1. The van der Waals surface area contributed by atoms with Gasteiger partial charge in [0, 0.05) is 26.2 Å². The van der Waals surface area contributed by atoms with Gasteiger partial charge in [0.15, 0.2) is 12.6 Å². The first kappa shape index (κ1) is 23.7. The molecule has 162 valence electrons. The molecule has 2 atom stereocenters. The standard InChI is InChI=1S/C20H30N4O4.HI/c1-2-22-20(24-8-10-27-18(13-24)17-7-4-9-26-17)23-12-15-5-3-6-16(11-15)28-14-19(21)25;/h3,5-6,11,17-18H,2,4,7-10,12-14H2,1H3,(H2,21,25)(H,22,23);1H. The molecule has 2 fully saturated rings. The summed E-state index contributed by atoms with van der Waals surface area (Å²) < 4.78 is 17.1. The van der Waals surface area contributed by atoms with Crippen LogP contribution in [0.15, 0.2) is 29.3 Å². The largest absolute Gasteiger partial charge is 0.484 e. The number of nitrogens with two attached hydrogens (primary N) is 1. The average molecular weight is 518 g/mol. The smallest absolute Gasteiger partial charge is 0.255 e. The van der Waals surface area contributed by atoms with E-state index in [-0.39, 0.29) is 42.8 Å². The molecule has 0 radical (unpaired) electrons. The van der Waals surface area contributed by atoms with Crippen molar-refractivity contribution in [2.24, 2.45) is 10.7 Å². The summed E-state index contributed by atoms with van der Waals surface area (Å²) in [5.74, 6) is 0.990. The number of morpholine rings is 1. The first-order chi connectivity index (χ1) is 13.7. The Morgan fingerprint density at radius 1 is 1.34 bits per heavy atom. The Morgan fingerprint density at radius 2 is 2.17 bits per heavy atom. The molecule has 0 aliphatic carbocycles. The SMILES string of the molecule is CCNC(=NCc1cccc(OCC(N)=O)c1)N1CCOC(C2CCCO2)C1.I. The lowest BCUT2D eigenvalue weighted by Gasteiger charge is -2.37. The summed E-state index contributed by atoms with van der Waals surface area (Å²) >= 11 is 0. The Kier molecular flexibility index (Phi) is 9.95. The number of rotatable bonds is 7. The molecule has 2 saturated heterocycles. The normalized spacial score (nSPS) is 22.1. The van der Waals surface area contributed by atoms with Crippen molar-refractivity contribution < 1.29 is 19.0 Å². The van der Waals surface area contributed by atoms with Crippen LogP contribution in [-0.2, 0) is 20.8 Å². The third-order valence-corrected chi connectivity index (χ3v) is 4.80. The quantitative estimate of drug-likeness (QED) is 0.323. The van der Waals surface area contributed by atoms with Gasteiger partial charge >= 0.3 is 0 Å². The summed E-state index contributed by atoms with van der Waals surface area (Å²) in [7, 11) is 0. The number of halogens is 1. The summed E-state index contributed by atoms with van der Waals surface area (Å²) in [6.07, 6.45) is 2.44.